The van der Waals surface area contributed by atoms with E-state index in [1.807, 2.05) is 0 Å². The third-order valence-electron chi connectivity index (χ3n) is 2.93. The van der Waals surface area contributed by atoms with E-state index in [0.29, 0.717) is 25.1 Å². The summed E-state index contributed by atoms with van der Waals surface area (Å²) in [5.41, 5.74) is 0.967. The number of hydrogen-bond acceptors (Lipinski definition) is 5. The van der Waals surface area contributed by atoms with Crippen molar-refractivity contribution in [3.05, 3.63) is 23.8 Å². The highest BCUT2D eigenvalue weighted by Gasteiger charge is 2.30. The van der Waals surface area contributed by atoms with E-state index >= 15 is 0 Å². The van der Waals surface area contributed by atoms with Gasteiger partial charge in [-0.05, 0) is 30.5 Å². The molecule has 6 nitrogen and oxygen atoms in total. The van der Waals surface area contributed by atoms with Gasteiger partial charge in [-0.25, -0.2) is 9.69 Å². The summed E-state index contributed by atoms with van der Waals surface area (Å²) in [6, 6.07) is 5.07. The van der Waals surface area contributed by atoms with Crippen LogP contribution in [0.4, 0.5) is 4.79 Å². The van der Waals surface area contributed by atoms with Gasteiger partial charge in [0.1, 0.15) is 0 Å². The lowest BCUT2D eigenvalue weighted by atomic mass is 10.1. The largest absolute Gasteiger partial charge is 0.504 e. The fourth-order valence-electron chi connectivity index (χ4n) is 1.92. The van der Waals surface area contributed by atoms with E-state index in [1.165, 1.54) is 7.11 Å². The average molecular weight is 265 g/mol. The van der Waals surface area contributed by atoms with Gasteiger partial charge in [0.15, 0.2) is 18.1 Å². The highest BCUT2D eigenvalue weighted by atomic mass is 16.6. The van der Waals surface area contributed by atoms with E-state index in [2.05, 4.69) is 4.74 Å². The third kappa shape index (κ3) is 2.96. The molecule has 1 aromatic rings. The lowest BCUT2D eigenvalue weighted by Crippen LogP contribution is -2.30. The zero-order chi connectivity index (χ0) is 13.8. The van der Waals surface area contributed by atoms with Crippen molar-refractivity contribution >= 4 is 12.0 Å². The van der Waals surface area contributed by atoms with E-state index < -0.39 is 6.09 Å². The summed E-state index contributed by atoms with van der Waals surface area (Å²) < 4.78 is 9.63. The monoisotopic (exact) mass is 265 g/mol. The number of cyclic esters (lactones) is 1. The first kappa shape index (κ1) is 13.2. The molecule has 1 fully saturated rings. The third-order valence-corrected chi connectivity index (χ3v) is 2.93. The molecule has 1 saturated heterocycles. The van der Waals surface area contributed by atoms with Crippen molar-refractivity contribution in [2.75, 3.05) is 20.3 Å². The van der Waals surface area contributed by atoms with Crippen LogP contribution in [0.3, 0.4) is 0 Å². The quantitative estimate of drug-likeness (QED) is 0.868. The number of rotatable bonds is 5. The van der Waals surface area contributed by atoms with Crippen molar-refractivity contribution in [1.29, 1.82) is 0 Å². The predicted molar refractivity (Wildman–Crippen MR) is 66.0 cm³/mol. The Kier molecular flexibility index (Phi) is 3.89. The van der Waals surface area contributed by atoms with E-state index in [4.69, 9.17) is 4.74 Å². The first-order chi connectivity index (χ1) is 9.11. The van der Waals surface area contributed by atoms with Crippen molar-refractivity contribution in [2.45, 2.75) is 12.8 Å². The zero-order valence-electron chi connectivity index (χ0n) is 10.6. The molecule has 0 bridgehead atoms. The van der Waals surface area contributed by atoms with Crippen LogP contribution >= 0.6 is 0 Å². The molecule has 0 spiro atoms. The van der Waals surface area contributed by atoms with Gasteiger partial charge in [0, 0.05) is 6.54 Å². The molecule has 0 aliphatic carbocycles. The van der Waals surface area contributed by atoms with Gasteiger partial charge in [0.2, 0.25) is 0 Å². The molecule has 1 aliphatic heterocycles. The Morgan fingerprint density at radius 2 is 2.21 bits per heavy atom. The number of benzene rings is 1. The zero-order valence-corrected chi connectivity index (χ0v) is 10.6. The molecule has 1 N–H and O–H groups in total. The molecule has 102 valence electrons. The second-order valence-corrected chi connectivity index (χ2v) is 4.21. The number of ether oxygens (including phenoxy) is 2. The van der Waals surface area contributed by atoms with Crippen molar-refractivity contribution in [3.8, 4) is 11.5 Å². The van der Waals surface area contributed by atoms with Crippen LogP contribution < -0.4 is 4.74 Å². The van der Waals surface area contributed by atoms with Crippen LogP contribution in [0.5, 0.6) is 11.5 Å². The van der Waals surface area contributed by atoms with Gasteiger partial charge >= 0.3 is 6.09 Å². The standard InChI is InChI=1S/C13H15NO5/c1-18-11-7-9(4-5-10(11)15)3-2-6-14-12(16)8-19-13(14)17/h4-5,7,15H,2-3,6,8H2,1H3. The maximum absolute atomic E-state index is 11.3. The topological polar surface area (TPSA) is 76.1 Å². The molecule has 6 heteroatoms. The highest BCUT2D eigenvalue weighted by molar-refractivity contribution is 5.97. The minimum absolute atomic E-state index is 0.0875. The Hall–Kier alpha value is -2.24. The van der Waals surface area contributed by atoms with Crippen molar-refractivity contribution < 1.29 is 24.2 Å². The number of hydrogen-bond donors (Lipinski definition) is 1. The second-order valence-electron chi connectivity index (χ2n) is 4.21. The van der Waals surface area contributed by atoms with Crippen LogP contribution in [-0.2, 0) is 16.0 Å². The fourth-order valence-corrected chi connectivity index (χ4v) is 1.92. The molecule has 1 aliphatic rings. The van der Waals surface area contributed by atoms with Gasteiger partial charge in [-0.1, -0.05) is 6.07 Å². The van der Waals surface area contributed by atoms with Crippen LogP contribution in [-0.4, -0.2) is 42.3 Å². The van der Waals surface area contributed by atoms with Gasteiger partial charge in [-0.2, -0.15) is 0 Å². The van der Waals surface area contributed by atoms with E-state index in [1.54, 1.807) is 18.2 Å². The van der Waals surface area contributed by atoms with Crippen LogP contribution in [0.2, 0.25) is 0 Å². The summed E-state index contributed by atoms with van der Waals surface area (Å²) in [4.78, 5) is 23.6. The molecule has 1 heterocycles. The number of methoxy groups -OCH3 is 1. The van der Waals surface area contributed by atoms with E-state index in [0.717, 1.165) is 10.5 Å². The molecule has 19 heavy (non-hydrogen) atoms. The summed E-state index contributed by atoms with van der Waals surface area (Å²) >= 11 is 0. The van der Waals surface area contributed by atoms with Crippen LogP contribution in [0, 0.1) is 0 Å². The number of amides is 2. The average Bonchev–Trinajstić information content (AvgIpc) is 2.72. The highest BCUT2D eigenvalue weighted by Crippen LogP contribution is 2.26. The molecule has 0 radical (unpaired) electrons. The lowest BCUT2D eigenvalue weighted by molar-refractivity contribution is -0.125. The number of carbonyl (C=O) groups is 2. The number of imide groups is 1. The van der Waals surface area contributed by atoms with Gasteiger partial charge in [0.05, 0.1) is 7.11 Å². The molecule has 1 aromatic carbocycles. The molecule has 2 amide bonds. The SMILES string of the molecule is COc1cc(CCCN2C(=O)COC2=O)ccc1O. The molecule has 2 rings (SSSR count). The normalized spacial score (nSPS) is 14.7. The van der Waals surface area contributed by atoms with Gasteiger partial charge in [-0.15, -0.1) is 0 Å². The smallest absolute Gasteiger partial charge is 0.417 e. The maximum atomic E-state index is 11.3. The van der Waals surface area contributed by atoms with E-state index in [-0.39, 0.29) is 18.3 Å². The first-order valence-corrected chi connectivity index (χ1v) is 5.95. The predicted octanol–water partition coefficient (Wildman–Crippen LogP) is 1.31. The van der Waals surface area contributed by atoms with Gasteiger partial charge in [0.25, 0.3) is 5.91 Å². The number of phenols is 1. The Balaban J connectivity index is 1.89. The Morgan fingerprint density at radius 3 is 2.84 bits per heavy atom. The number of nitrogens with zero attached hydrogens (tertiary/aromatic N) is 1. The molecule has 0 saturated carbocycles. The summed E-state index contributed by atoms with van der Waals surface area (Å²) in [5.74, 6) is 0.201. The van der Waals surface area contributed by atoms with Gasteiger partial charge < -0.3 is 14.6 Å². The van der Waals surface area contributed by atoms with Crippen molar-refractivity contribution in [2.24, 2.45) is 0 Å². The number of phenolic OH excluding ortho intramolecular Hbond substituents is 1. The number of carbonyl (C=O) groups excluding carboxylic acids is 2. The lowest BCUT2D eigenvalue weighted by Gasteiger charge is -2.11. The minimum Gasteiger partial charge on any atom is -0.504 e. The van der Waals surface area contributed by atoms with Gasteiger partial charge in [-0.3, -0.25) is 4.79 Å². The number of aromatic hydroxyl groups is 1. The molecule has 0 unspecified atom stereocenters. The molecular formula is C13H15NO5. The van der Waals surface area contributed by atoms with Crippen LogP contribution in [0.15, 0.2) is 18.2 Å². The van der Waals surface area contributed by atoms with Crippen LogP contribution in [0.25, 0.3) is 0 Å². The van der Waals surface area contributed by atoms with Crippen molar-refractivity contribution in [1.82, 2.24) is 4.90 Å². The minimum atomic E-state index is -0.576. The number of aryl methyl sites for hydroxylation is 1. The Bertz CT molecular complexity index is 484. The molecular weight excluding hydrogens is 250 g/mol. The maximum Gasteiger partial charge on any atom is 0.417 e. The molecule has 0 atom stereocenters. The van der Waals surface area contributed by atoms with E-state index in [9.17, 15) is 14.7 Å². The Labute approximate surface area is 110 Å². The fraction of sp³-hybridized carbons (Fsp3) is 0.385. The summed E-state index contributed by atoms with van der Waals surface area (Å²) in [6.45, 7) is 0.173. The van der Waals surface area contributed by atoms with Crippen molar-refractivity contribution in [3.63, 3.8) is 0 Å². The second kappa shape index (κ2) is 5.60. The first-order valence-electron chi connectivity index (χ1n) is 5.95. The Morgan fingerprint density at radius 1 is 1.42 bits per heavy atom. The summed E-state index contributed by atoms with van der Waals surface area (Å²) in [6.07, 6.45) is 0.732. The van der Waals surface area contributed by atoms with Crippen LogP contribution in [0.1, 0.15) is 12.0 Å². The molecule has 0 aromatic heterocycles. The summed E-state index contributed by atoms with van der Waals surface area (Å²) in [7, 11) is 1.48. The summed E-state index contributed by atoms with van der Waals surface area (Å²) in [5, 5.41) is 9.46.